The molecule has 2 aliphatic heterocycles. The molecule has 2 heterocycles. The summed E-state index contributed by atoms with van der Waals surface area (Å²) in [5.74, 6) is 0.684. The van der Waals surface area contributed by atoms with Crippen LogP contribution in [-0.2, 0) is 4.74 Å². The highest BCUT2D eigenvalue weighted by Crippen LogP contribution is 2.11. The van der Waals surface area contributed by atoms with Crippen molar-refractivity contribution < 1.29 is 19.5 Å². The Labute approximate surface area is 129 Å². The number of azo groups is 1. The van der Waals surface area contributed by atoms with Crippen molar-refractivity contribution >= 4 is 11.8 Å². The molecule has 1 saturated heterocycles. The van der Waals surface area contributed by atoms with E-state index in [1.807, 2.05) is 9.48 Å². The van der Waals surface area contributed by atoms with E-state index >= 15 is 0 Å². The highest BCUT2D eigenvalue weighted by molar-refractivity contribution is 6.04. The number of guanidine groups is 1. The zero-order chi connectivity index (χ0) is 16.1. The number of aliphatic hydroxyl groups is 2. The molecule has 4 N–H and O–H groups in total. The van der Waals surface area contributed by atoms with Crippen LogP contribution in [0.1, 0.15) is 0 Å². The number of hydrogen-bond acceptors (Lipinski definition) is 6. The summed E-state index contributed by atoms with van der Waals surface area (Å²) in [7, 11) is 1.55. The van der Waals surface area contributed by atoms with E-state index in [1.54, 1.807) is 7.11 Å². The van der Waals surface area contributed by atoms with E-state index in [-0.39, 0.29) is 25.1 Å². The van der Waals surface area contributed by atoms with Gasteiger partial charge in [-0.05, 0) is 4.99 Å². The SMILES string of the molecule is C=C1N=NC(=[N+]2CCN(C[C@H](O)COC)[C@H](CO)C2)N=C1N. The lowest BCUT2D eigenvalue weighted by Crippen LogP contribution is -2.55. The molecule has 0 aliphatic carbocycles. The van der Waals surface area contributed by atoms with Gasteiger partial charge in [0.05, 0.1) is 38.4 Å². The number of methoxy groups -OCH3 is 1. The predicted octanol–water partition coefficient (Wildman–Crippen LogP) is -1.62. The molecular formula is C13H23N6O3+. The fraction of sp³-hybridized carbons (Fsp3) is 0.692. The summed E-state index contributed by atoms with van der Waals surface area (Å²) in [5.41, 5.74) is 6.06. The van der Waals surface area contributed by atoms with Crippen molar-refractivity contribution in [1.29, 1.82) is 0 Å². The summed E-state index contributed by atoms with van der Waals surface area (Å²) in [6, 6.07) is -0.121. The lowest BCUT2D eigenvalue weighted by molar-refractivity contribution is -0.549. The third kappa shape index (κ3) is 3.95. The van der Waals surface area contributed by atoms with E-state index in [1.165, 1.54) is 0 Å². The maximum atomic E-state index is 9.84. The molecular weight excluding hydrogens is 288 g/mol. The van der Waals surface area contributed by atoms with Gasteiger partial charge in [0.15, 0.2) is 5.70 Å². The van der Waals surface area contributed by atoms with Crippen molar-refractivity contribution in [2.45, 2.75) is 12.1 Å². The fourth-order valence-electron chi connectivity index (χ4n) is 2.49. The van der Waals surface area contributed by atoms with Crippen LogP contribution in [0.15, 0.2) is 27.5 Å². The van der Waals surface area contributed by atoms with Crippen LogP contribution in [0.5, 0.6) is 0 Å². The monoisotopic (exact) mass is 311 g/mol. The normalized spacial score (nSPS) is 27.9. The molecule has 0 aromatic rings. The van der Waals surface area contributed by atoms with E-state index in [2.05, 4.69) is 21.8 Å². The van der Waals surface area contributed by atoms with Gasteiger partial charge in [-0.3, -0.25) is 9.48 Å². The van der Waals surface area contributed by atoms with Crippen LogP contribution in [0.3, 0.4) is 0 Å². The van der Waals surface area contributed by atoms with Crippen molar-refractivity contribution in [3.8, 4) is 0 Å². The molecule has 2 aliphatic rings. The Hall–Kier alpha value is -1.68. The van der Waals surface area contributed by atoms with Gasteiger partial charge in [-0.15, -0.1) is 0 Å². The van der Waals surface area contributed by atoms with Crippen LogP contribution in [-0.4, -0.2) is 90.1 Å². The Balaban J connectivity index is 2.06. The highest BCUT2D eigenvalue weighted by Gasteiger charge is 2.31. The molecule has 2 rings (SSSR count). The molecule has 9 heteroatoms. The predicted molar refractivity (Wildman–Crippen MR) is 80.9 cm³/mol. The first kappa shape index (κ1) is 16.7. The molecule has 1 fully saturated rings. The van der Waals surface area contributed by atoms with E-state index in [0.717, 1.165) is 0 Å². The topological polar surface area (TPSA) is 119 Å². The first-order valence-corrected chi connectivity index (χ1v) is 7.14. The van der Waals surface area contributed by atoms with Crippen molar-refractivity contribution in [2.75, 3.05) is 46.5 Å². The molecule has 0 bridgehead atoms. The average molecular weight is 311 g/mol. The molecule has 0 aromatic carbocycles. The Morgan fingerprint density at radius 1 is 1.55 bits per heavy atom. The number of β-amino-alcohol motifs (C(OH)–C–C–N with tert-alkyl or cyclic N) is 1. The van der Waals surface area contributed by atoms with Crippen molar-refractivity contribution in [1.82, 2.24) is 4.90 Å². The van der Waals surface area contributed by atoms with Crippen molar-refractivity contribution in [3.63, 3.8) is 0 Å². The number of amidine groups is 1. The quantitative estimate of drug-likeness (QED) is 0.527. The van der Waals surface area contributed by atoms with Gasteiger partial charge in [0.1, 0.15) is 0 Å². The largest absolute Gasteiger partial charge is 0.453 e. The van der Waals surface area contributed by atoms with Crippen molar-refractivity contribution in [3.05, 3.63) is 12.3 Å². The Kier molecular flexibility index (Phi) is 5.72. The summed E-state index contributed by atoms with van der Waals surface area (Å²) in [5, 5.41) is 27.3. The molecule has 0 radical (unpaired) electrons. The number of nitrogens with two attached hydrogens (primary N) is 1. The summed E-state index contributed by atoms with van der Waals surface area (Å²) in [6.45, 7) is 6.20. The van der Waals surface area contributed by atoms with Gasteiger partial charge in [-0.25, -0.2) is 0 Å². The highest BCUT2D eigenvalue weighted by atomic mass is 16.5. The van der Waals surface area contributed by atoms with Crippen LogP contribution < -0.4 is 5.73 Å². The van der Waals surface area contributed by atoms with E-state index in [0.29, 0.717) is 37.8 Å². The van der Waals surface area contributed by atoms with E-state index in [9.17, 15) is 10.2 Å². The minimum atomic E-state index is -0.579. The number of nitrogens with zero attached hydrogens (tertiary/aromatic N) is 5. The average Bonchev–Trinajstić information content (AvgIpc) is 2.50. The van der Waals surface area contributed by atoms with Gasteiger partial charge >= 0.3 is 5.96 Å². The second-order valence-corrected chi connectivity index (χ2v) is 5.33. The maximum Gasteiger partial charge on any atom is 0.453 e. The second kappa shape index (κ2) is 7.54. The standard InChI is InChI=1S/C13H22N6O3/c1-9-12(14)15-13(17-16-9)19-4-3-18(10(5-19)7-20)6-11(21)8-22-2/h10-11,14,20-21H,1,3-8H2,2H3/p+1/t10-,11-/m0/s1. The lowest BCUT2D eigenvalue weighted by Gasteiger charge is -2.36. The molecule has 0 amide bonds. The smallest absolute Gasteiger partial charge is 0.395 e. The maximum absolute atomic E-state index is 9.84. The van der Waals surface area contributed by atoms with Gasteiger partial charge in [-0.1, -0.05) is 11.7 Å². The number of aliphatic hydroxyl groups excluding tert-OH is 2. The summed E-state index contributed by atoms with van der Waals surface area (Å²) < 4.78 is 6.85. The van der Waals surface area contributed by atoms with E-state index < -0.39 is 6.10 Å². The van der Waals surface area contributed by atoms with Crippen LogP contribution >= 0.6 is 0 Å². The summed E-state index contributed by atoms with van der Waals surface area (Å²) >= 11 is 0. The van der Waals surface area contributed by atoms with Crippen LogP contribution in [0.4, 0.5) is 0 Å². The number of aliphatic imine (C=N–C) groups is 1. The number of rotatable bonds is 5. The van der Waals surface area contributed by atoms with Crippen LogP contribution in [0.25, 0.3) is 0 Å². The molecule has 0 saturated carbocycles. The van der Waals surface area contributed by atoms with Gasteiger partial charge in [-0.2, -0.15) is 0 Å². The third-order valence-corrected chi connectivity index (χ3v) is 3.68. The number of piperazine rings is 1. The van der Waals surface area contributed by atoms with Crippen molar-refractivity contribution in [2.24, 2.45) is 21.0 Å². The third-order valence-electron chi connectivity index (χ3n) is 3.68. The Morgan fingerprint density at radius 3 is 2.95 bits per heavy atom. The first-order valence-electron chi connectivity index (χ1n) is 7.14. The summed E-state index contributed by atoms with van der Waals surface area (Å²) in [6.07, 6.45) is -0.579. The Morgan fingerprint density at radius 2 is 2.32 bits per heavy atom. The molecule has 0 aromatic heterocycles. The number of hydrogen-bond donors (Lipinski definition) is 3. The zero-order valence-electron chi connectivity index (χ0n) is 12.7. The van der Waals surface area contributed by atoms with E-state index in [4.69, 9.17) is 10.5 Å². The number of ether oxygens (including phenoxy) is 1. The van der Waals surface area contributed by atoms with Gasteiger partial charge in [0.2, 0.25) is 5.84 Å². The summed E-state index contributed by atoms with van der Waals surface area (Å²) in [4.78, 5) is 6.21. The lowest BCUT2D eigenvalue weighted by atomic mass is 10.1. The van der Waals surface area contributed by atoms with Gasteiger partial charge in [0, 0.05) is 25.3 Å². The Bertz CT molecular complexity index is 516. The van der Waals surface area contributed by atoms with Crippen LogP contribution in [0, 0.1) is 0 Å². The van der Waals surface area contributed by atoms with Gasteiger partial charge < -0.3 is 20.7 Å². The minimum absolute atomic E-state index is 0.0213. The molecule has 122 valence electrons. The second-order valence-electron chi connectivity index (χ2n) is 5.33. The molecule has 22 heavy (non-hydrogen) atoms. The van der Waals surface area contributed by atoms with Crippen LogP contribution in [0.2, 0.25) is 0 Å². The molecule has 9 nitrogen and oxygen atoms in total. The molecule has 0 spiro atoms. The van der Waals surface area contributed by atoms with Gasteiger partial charge in [0.25, 0.3) is 0 Å². The first-order chi connectivity index (χ1) is 10.5. The molecule has 0 unspecified atom stereocenters. The molecule has 2 atom stereocenters. The zero-order valence-corrected chi connectivity index (χ0v) is 12.7. The minimum Gasteiger partial charge on any atom is -0.395 e. The fourth-order valence-corrected chi connectivity index (χ4v) is 2.49.